The van der Waals surface area contributed by atoms with Crippen LogP contribution in [0.25, 0.3) is 0 Å². The molecule has 1 aromatic rings. The Morgan fingerprint density at radius 2 is 2.13 bits per heavy atom. The highest BCUT2D eigenvalue weighted by atomic mass is 32.2. The molecular weight excluding hydrogens is 250 g/mol. The van der Waals surface area contributed by atoms with E-state index in [1.165, 1.54) is 11.3 Å². The summed E-state index contributed by atoms with van der Waals surface area (Å²) in [4.78, 5) is 0. The van der Waals surface area contributed by atoms with Gasteiger partial charge in [-0.2, -0.15) is 0 Å². The number of aromatic nitrogens is 2. The smallest absolute Gasteiger partial charge is 0.320 e. The number of anilines is 1. The summed E-state index contributed by atoms with van der Waals surface area (Å²) >= 11 is 3.11. The zero-order valence-electron chi connectivity index (χ0n) is 8.80. The summed E-state index contributed by atoms with van der Waals surface area (Å²) in [6.45, 7) is 0. The van der Waals surface area contributed by atoms with E-state index in [2.05, 4.69) is 10.2 Å². The summed E-state index contributed by atoms with van der Waals surface area (Å²) < 4.78 is 11.4. The molecule has 0 amide bonds. The van der Waals surface area contributed by atoms with Crippen molar-refractivity contribution in [3.05, 3.63) is 0 Å². The Balaban J connectivity index is 2.11. The van der Waals surface area contributed by atoms with Gasteiger partial charge in [0.25, 0.3) is 0 Å². The van der Waals surface area contributed by atoms with Gasteiger partial charge in [0.05, 0.1) is 0 Å². The Hall–Kier alpha value is -0.153. The second-order valence-corrected chi connectivity index (χ2v) is 7.53. The minimum Gasteiger partial charge on any atom is -0.400 e. The molecule has 1 heterocycles. The molecule has 2 N–H and O–H groups in total. The monoisotopic (exact) mass is 265 g/mol. The summed E-state index contributed by atoms with van der Waals surface area (Å²) in [6, 6.07) is 1.02. The fourth-order valence-electron chi connectivity index (χ4n) is 1.02. The highest BCUT2D eigenvalue weighted by molar-refractivity contribution is 8.01. The van der Waals surface area contributed by atoms with Gasteiger partial charge in [0, 0.05) is 20.0 Å². The van der Waals surface area contributed by atoms with E-state index in [9.17, 15) is 0 Å². The van der Waals surface area contributed by atoms with E-state index >= 15 is 0 Å². The lowest BCUT2D eigenvalue weighted by atomic mass is 10.6. The molecule has 0 fully saturated rings. The molecule has 1 aromatic heterocycles. The maximum Gasteiger partial charge on any atom is 0.320 e. The quantitative estimate of drug-likeness (QED) is 0.452. The standard InChI is InChI=1S/C7H15N3O2S2Si/c1-11-15(12-2)5-3-4-13-7-10-9-6(8)14-7/h15H,3-5H2,1-2H3,(H2,8,9). The maximum absolute atomic E-state index is 5.47. The van der Waals surface area contributed by atoms with Crippen LogP contribution >= 0.6 is 23.1 Å². The van der Waals surface area contributed by atoms with Gasteiger partial charge in [-0.25, -0.2) is 0 Å². The second-order valence-electron chi connectivity index (χ2n) is 2.80. The number of nitrogens with zero attached hydrogens (tertiary/aromatic N) is 2. The number of hydrogen-bond acceptors (Lipinski definition) is 7. The minimum absolute atomic E-state index is 0.526. The summed E-state index contributed by atoms with van der Waals surface area (Å²) in [6.07, 6.45) is 1.07. The lowest BCUT2D eigenvalue weighted by Crippen LogP contribution is -2.18. The number of hydrogen-bond donors (Lipinski definition) is 1. The van der Waals surface area contributed by atoms with Gasteiger partial charge in [-0.05, 0) is 12.5 Å². The molecular formula is C7H15N3O2S2Si. The Morgan fingerprint density at radius 3 is 2.67 bits per heavy atom. The minimum atomic E-state index is -1.38. The molecule has 0 saturated heterocycles. The van der Waals surface area contributed by atoms with Gasteiger partial charge < -0.3 is 14.6 Å². The van der Waals surface area contributed by atoms with E-state index in [-0.39, 0.29) is 0 Å². The molecule has 0 saturated carbocycles. The van der Waals surface area contributed by atoms with E-state index in [0.717, 1.165) is 22.6 Å². The highest BCUT2D eigenvalue weighted by Crippen LogP contribution is 2.24. The SMILES string of the molecule is CO[SiH](CCCSc1nnc(N)s1)OC. The van der Waals surface area contributed by atoms with Crippen molar-refractivity contribution in [3.8, 4) is 0 Å². The molecule has 0 spiro atoms. The van der Waals surface area contributed by atoms with E-state index in [1.807, 2.05) is 0 Å². The molecule has 1 rings (SSSR count). The molecule has 0 aliphatic carbocycles. The largest absolute Gasteiger partial charge is 0.400 e. The maximum atomic E-state index is 5.47. The number of nitrogens with two attached hydrogens (primary N) is 1. The molecule has 86 valence electrons. The Bertz CT molecular complexity index is 283. The summed E-state index contributed by atoms with van der Waals surface area (Å²) in [5.74, 6) is 1.00. The van der Waals surface area contributed by atoms with Crippen LogP contribution in [-0.4, -0.2) is 39.5 Å². The van der Waals surface area contributed by atoms with Crippen LogP contribution in [-0.2, 0) is 8.85 Å². The van der Waals surface area contributed by atoms with E-state index < -0.39 is 9.28 Å². The zero-order chi connectivity index (χ0) is 11.1. The van der Waals surface area contributed by atoms with Crippen LogP contribution in [0.1, 0.15) is 6.42 Å². The van der Waals surface area contributed by atoms with Crippen molar-refractivity contribution < 1.29 is 8.85 Å². The fourth-order valence-corrected chi connectivity index (χ4v) is 4.19. The van der Waals surface area contributed by atoms with Crippen molar-refractivity contribution in [2.45, 2.75) is 16.8 Å². The lowest BCUT2D eigenvalue weighted by molar-refractivity contribution is 0.277. The van der Waals surface area contributed by atoms with E-state index in [1.54, 1.807) is 26.0 Å². The Morgan fingerprint density at radius 1 is 1.40 bits per heavy atom. The summed E-state index contributed by atoms with van der Waals surface area (Å²) in [5.41, 5.74) is 5.47. The number of nitrogen functional groups attached to an aromatic ring is 1. The third-order valence-corrected chi connectivity index (χ3v) is 5.66. The van der Waals surface area contributed by atoms with E-state index in [4.69, 9.17) is 14.6 Å². The van der Waals surface area contributed by atoms with E-state index in [0.29, 0.717) is 5.13 Å². The molecule has 0 radical (unpaired) electrons. The average Bonchev–Trinajstić information content (AvgIpc) is 2.65. The third-order valence-electron chi connectivity index (χ3n) is 1.76. The van der Waals surface area contributed by atoms with Crippen molar-refractivity contribution in [3.63, 3.8) is 0 Å². The topological polar surface area (TPSA) is 70.3 Å². The Kier molecular flexibility index (Phi) is 6.18. The third kappa shape index (κ3) is 4.93. The molecule has 0 aromatic carbocycles. The molecule has 0 unspecified atom stereocenters. The van der Waals surface area contributed by atoms with Gasteiger partial charge >= 0.3 is 9.28 Å². The van der Waals surface area contributed by atoms with Gasteiger partial charge in [-0.15, -0.1) is 10.2 Å². The van der Waals surface area contributed by atoms with Gasteiger partial charge in [0.2, 0.25) is 5.13 Å². The van der Waals surface area contributed by atoms with Crippen LogP contribution in [0.3, 0.4) is 0 Å². The van der Waals surface area contributed by atoms with Gasteiger partial charge in [0.15, 0.2) is 4.34 Å². The zero-order valence-corrected chi connectivity index (χ0v) is 11.6. The van der Waals surface area contributed by atoms with Crippen LogP contribution in [0.15, 0.2) is 4.34 Å². The van der Waals surface area contributed by atoms with Gasteiger partial charge in [0.1, 0.15) is 0 Å². The summed E-state index contributed by atoms with van der Waals surface area (Å²) in [7, 11) is 2.03. The van der Waals surface area contributed by atoms with Crippen LogP contribution in [0.4, 0.5) is 5.13 Å². The van der Waals surface area contributed by atoms with Crippen molar-refractivity contribution in [1.29, 1.82) is 0 Å². The number of rotatable bonds is 7. The van der Waals surface area contributed by atoms with Crippen LogP contribution in [0.2, 0.25) is 6.04 Å². The first kappa shape index (κ1) is 12.9. The average molecular weight is 265 g/mol. The van der Waals surface area contributed by atoms with Gasteiger partial charge in [-0.3, -0.25) is 0 Å². The molecule has 0 bridgehead atoms. The first-order valence-electron chi connectivity index (χ1n) is 4.53. The second kappa shape index (κ2) is 7.18. The van der Waals surface area contributed by atoms with Gasteiger partial charge in [-0.1, -0.05) is 23.1 Å². The molecule has 5 nitrogen and oxygen atoms in total. The van der Waals surface area contributed by atoms with Crippen molar-refractivity contribution in [2.24, 2.45) is 0 Å². The van der Waals surface area contributed by atoms with Crippen LogP contribution in [0.5, 0.6) is 0 Å². The first-order chi connectivity index (χ1) is 7.26. The first-order valence-corrected chi connectivity index (χ1v) is 8.09. The molecule has 0 aliphatic rings. The fraction of sp³-hybridized carbons (Fsp3) is 0.714. The molecule has 8 heteroatoms. The predicted molar refractivity (Wildman–Crippen MR) is 65.6 cm³/mol. The molecule has 0 aliphatic heterocycles. The number of thioether (sulfide) groups is 1. The Labute approximate surface area is 99.2 Å². The molecule has 15 heavy (non-hydrogen) atoms. The van der Waals surface area contributed by atoms with Crippen LogP contribution < -0.4 is 5.73 Å². The summed E-state index contributed by atoms with van der Waals surface area (Å²) in [5, 5.41) is 8.20. The lowest BCUT2D eigenvalue weighted by Gasteiger charge is -2.09. The normalized spacial score (nSPS) is 11.1. The highest BCUT2D eigenvalue weighted by Gasteiger charge is 2.09. The predicted octanol–water partition coefficient (Wildman–Crippen LogP) is 1.12. The van der Waals surface area contributed by atoms with Crippen molar-refractivity contribution in [2.75, 3.05) is 25.7 Å². The van der Waals surface area contributed by atoms with Crippen LogP contribution in [0, 0.1) is 0 Å². The van der Waals surface area contributed by atoms with Crippen molar-refractivity contribution in [1.82, 2.24) is 10.2 Å². The molecule has 0 atom stereocenters. The van der Waals surface area contributed by atoms with Crippen molar-refractivity contribution >= 4 is 37.5 Å².